The fraction of sp³-hybridized carbons (Fsp3) is 0.286. The lowest BCUT2D eigenvalue weighted by Crippen LogP contribution is -2.32. The van der Waals surface area contributed by atoms with Crippen molar-refractivity contribution in [3.63, 3.8) is 0 Å². The number of rotatable bonds is 5. The molecule has 0 saturated heterocycles. The van der Waals surface area contributed by atoms with Gasteiger partial charge in [-0.3, -0.25) is 4.79 Å². The van der Waals surface area contributed by atoms with E-state index in [1.54, 1.807) is 25.1 Å². The smallest absolute Gasteiger partial charge is 0.326 e. The van der Waals surface area contributed by atoms with E-state index < -0.39 is 22.5 Å². The highest BCUT2D eigenvalue weighted by molar-refractivity contribution is 7.89. The Hall–Kier alpha value is -2.19. The molecule has 0 saturated carbocycles. The van der Waals surface area contributed by atoms with Gasteiger partial charge in [-0.15, -0.1) is 0 Å². The number of hydrogen-bond donors (Lipinski definition) is 1. The third-order valence-electron chi connectivity index (χ3n) is 2.96. The lowest BCUT2D eigenvalue weighted by molar-refractivity contribution is -0.133. The largest absolute Gasteiger partial charge is 0.425 e. The molecule has 0 spiro atoms. The quantitative estimate of drug-likeness (QED) is 0.661. The number of carbonyl (C=O) groups is 1. The van der Waals surface area contributed by atoms with Gasteiger partial charge in [0, 0.05) is 0 Å². The summed E-state index contributed by atoms with van der Waals surface area (Å²) in [6.45, 7) is 4.30. The summed E-state index contributed by atoms with van der Waals surface area (Å²) in [6.07, 6.45) is 0. The first kappa shape index (κ1) is 16.2. The summed E-state index contributed by atoms with van der Waals surface area (Å²) in [5.41, 5.74) is 1.02. The van der Waals surface area contributed by atoms with Crippen molar-refractivity contribution >= 4 is 16.0 Å². The molecule has 118 valence electrons. The minimum Gasteiger partial charge on any atom is -0.425 e. The monoisotopic (exact) mass is 324 g/mol. The molecule has 0 aliphatic rings. The number of nitrogens with one attached hydrogen (secondary N) is 1. The highest BCUT2D eigenvalue weighted by atomic mass is 32.2. The van der Waals surface area contributed by atoms with Gasteiger partial charge >= 0.3 is 5.97 Å². The Labute approximate surface area is 128 Å². The van der Waals surface area contributed by atoms with Gasteiger partial charge in [0.2, 0.25) is 10.0 Å². The molecule has 7 nitrogen and oxygen atoms in total. The molecule has 0 bridgehead atoms. The second-order valence-electron chi connectivity index (χ2n) is 4.72. The summed E-state index contributed by atoms with van der Waals surface area (Å²) in [7, 11) is -3.88. The van der Waals surface area contributed by atoms with Crippen LogP contribution in [0.15, 0.2) is 33.7 Å². The molecule has 0 radical (unpaired) electrons. The molecule has 1 aromatic heterocycles. The van der Waals surface area contributed by atoms with Gasteiger partial charge in [0.25, 0.3) is 0 Å². The second-order valence-corrected chi connectivity index (χ2v) is 6.42. The zero-order chi connectivity index (χ0) is 16.3. The minimum absolute atomic E-state index is 0.0591. The normalized spacial score (nSPS) is 11.4. The number of benzene rings is 1. The zero-order valence-corrected chi connectivity index (χ0v) is 13.2. The number of aryl methyl sites for hydroxylation is 3. The number of carbonyl (C=O) groups excluding carboxylic acids is 1. The molecule has 0 unspecified atom stereocenters. The van der Waals surface area contributed by atoms with Gasteiger partial charge in [-0.1, -0.05) is 23.4 Å². The van der Waals surface area contributed by atoms with Crippen molar-refractivity contribution in [2.45, 2.75) is 25.7 Å². The number of aromatic nitrogens is 1. The Bertz CT molecular complexity index is 776. The highest BCUT2D eigenvalue weighted by Gasteiger charge is 2.25. The van der Waals surface area contributed by atoms with Crippen LogP contribution in [0.5, 0.6) is 5.75 Å². The molecular weight excluding hydrogens is 308 g/mol. The number of sulfonamides is 1. The Morgan fingerprint density at radius 2 is 1.95 bits per heavy atom. The third-order valence-corrected chi connectivity index (χ3v) is 4.61. The molecule has 0 atom stereocenters. The Morgan fingerprint density at radius 3 is 2.55 bits per heavy atom. The first-order valence-electron chi connectivity index (χ1n) is 6.50. The van der Waals surface area contributed by atoms with Crippen molar-refractivity contribution in [1.29, 1.82) is 0 Å². The van der Waals surface area contributed by atoms with Crippen molar-refractivity contribution in [3.05, 3.63) is 41.3 Å². The standard InChI is InChI=1S/C14H16N2O5S/c1-9-6-4-5-7-12(9)20-13(17)8-15-22(18,19)14-10(2)16-21-11(14)3/h4-7,15H,8H2,1-3H3. The molecule has 8 heteroatoms. The van der Waals surface area contributed by atoms with Gasteiger partial charge in [-0.25, -0.2) is 8.42 Å². The second kappa shape index (κ2) is 6.29. The Morgan fingerprint density at radius 1 is 1.27 bits per heavy atom. The summed E-state index contributed by atoms with van der Waals surface area (Å²) < 4.78 is 36.4. The summed E-state index contributed by atoms with van der Waals surface area (Å²) in [6, 6.07) is 6.96. The zero-order valence-electron chi connectivity index (χ0n) is 12.4. The fourth-order valence-corrected chi connectivity index (χ4v) is 3.21. The average molecular weight is 324 g/mol. The van der Waals surface area contributed by atoms with Gasteiger partial charge in [-0.05, 0) is 32.4 Å². The lowest BCUT2D eigenvalue weighted by atomic mass is 10.2. The summed E-state index contributed by atoms with van der Waals surface area (Å²) in [5.74, 6) is -0.147. The maximum atomic E-state index is 12.1. The van der Waals surface area contributed by atoms with Crippen molar-refractivity contribution < 1.29 is 22.5 Å². The molecule has 1 aromatic carbocycles. The summed E-state index contributed by atoms with van der Waals surface area (Å²) in [4.78, 5) is 11.7. The maximum Gasteiger partial charge on any atom is 0.326 e. The summed E-state index contributed by atoms with van der Waals surface area (Å²) in [5, 5.41) is 3.58. The predicted octanol–water partition coefficient (Wildman–Crippen LogP) is 1.48. The maximum absolute atomic E-state index is 12.1. The van der Waals surface area contributed by atoms with Crippen LogP contribution >= 0.6 is 0 Å². The summed E-state index contributed by atoms with van der Waals surface area (Å²) >= 11 is 0. The Balaban J connectivity index is 2.04. The van der Waals surface area contributed by atoms with Crippen LogP contribution in [0.2, 0.25) is 0 Å². The molecule has 0 aliphatic heterocycles. The number of hydrogen-bond acceptors (Lipinski definition) is 6. The van der Waals surface area contributed by atoms with Gasteiger partial charge in [0.15, 0.2) is 5.76 Å². The van der Waals surface area contributed by atoms with E-state index in [4.69, 9.17) is 9.26 Å². The van der Waals surface area contributed by atoms with Crippen LogP contribution in [0, 0.1) is 20.8 Å². The van der Waals surface area contributed by atoms with E-state index >= 15 is 0 Å². The highest BCUT2D eigenvalue weighted by Crippen LogP contribution is 2.19. The van der Waals surface area contributed by atoms with Gasteiger partial charge in [-0.2, -0.15) is 4.72 Å². The lowest BCUT2D eigenvalue weighted by Gasteiger charge is -2.08. The molecule has 2 rings (SSSR count). The minimum atomic E-state index is -3.88. The van der Waals surface area contributed by atoms with Crippen molar-refractivity contribution in [1.82, 2.24) is 9.88 Å². The molecule has 22 heavy (non-hydrogen) atoms. The molecule has 0 fully saturated rings. The molecule has 2 aromatic rings. The SMILES string of the molecule is Cc1ccccc1OC(=O)CNS(=O)(=O)c1c(C)noc1C. The fourth-order valence-electron chi connectivity index (χ4n) is 1.91. The molecule has 0 amide bonds. The molecule has 1 N–H and O–H groups in total. The molecular formula is C14H16N2O5S. The average Bonchev–Trinajstić information content (AvgIpc) is 2.79. The van der Waals surface area contributed by atoms with E-state index in [0.717, 1.165) is 5.56 Å². The Kier molecular flexibility index (Phi) is 4.62. The van der Waals surface area contributed by atoms with Crippen molar-refractivity contribution in [3.8, 4) is 5.75 Å². The third kappa shape index (κ3) is 3.52. The van der Waals surface area contributed by atoms with E-state index in [0.29, 0.717) is 5.75 Å². The predicted molar refractivity (Wildman–Crippen MR) is 78.0 cm³/mol. The number of para-hydroxylation sites is 1. The first-order valence-corrected chi connectivity index (χ1v) is 7.98. The van der Waals surface area contributed by atoms with Gasteiger partial charge in [0.1, 0.15) is 22.9 Å². The van der Waals surface area contributed by atoms with E-state index in [1.165, 1.54) is 13.8 Å². The van der Waals surface area contributed by atoms with Crippen molar-refractivity contribution in [2.75, 3.05) is 6.54 Å². The van der Waals surface area contributed by atoms with Crippen LogP contribution in [0.25, 0.3) is 0 Å². The van der Waals surface area contributed by atoms with Crippen LogP contribution in [0.1, 0.15) is 17.0 Å². The van der Waals surface area contributed by atoms with Gasteiger partial charge < -0.3 is 9.26 Å². The van der Waals surface area contributed by atoms with Crippen LogP contribution in [0.3, 0.4) is 0 Å². The van der Waals surface area contributed by atoms with E-state index in [-0.39, 0.29) is 16.3 Å². The van der Waals surface area contributed by atoms with E-state index in [2.05, 4.69) is 9.88 Å². The van der Waals surface area contributed by atoms with Crippen molar-refractivity contribution in [2.24, 2.45) is 0 Å². The number of nitrogens with zero attached hydrogens (tertiary/aromatic N) is 1. The first-order chi connectivity index (χ1) is 10.3. The van der Waals surface area contributed by atoms with Crippen LogP contribution in [-0.4, -0.2) is 26.1 Å². The van der Waals surface area contributed by atoms with Crippen LogP contribution < -0.4 is 9.46 Å². The van der Waals surface area contributed by atoms with E-state index in [1.807, 2.05) is 6.07 Å². The van der Waals surface area contributed by atoms with Crippen LogP contribution in [0.4, 0.5) is 0 Å². The van der Waals surface area contributed by atoms with E-state index in [9.17, 15) is 13.2 Å². The number of esters is 1. The molecule has 1 heterocycles. The van der Waals surface area contributed by atoms with Gasteiger partial charge in [0.05, 0.1) is 0 Å². The van der Waals surface area contributed by atoms with Crippen LogP contribution in [-0.2, 0) is 14.8 Å². The molecule has 0 aliphatic carbocycles. The number of ether oxygens (including phenoxy) is 1. The topological polar surface area (TPSA) is 98.5 Å².